The van der Waals surface area contributed by atoms with E-state index < -0.39 is 11.7 Å². The Balaban J connectivity index is 1.65. The lowest BCUT2D eigenvalue weighted by Gasteiger charge is -2.12. The minimum atomic E-state index is -4.38. The maximum Gasteiger partial charge on any atom is 0.417 e. The van der Waals surface area contributed by atoms with Gasteiger partial charge in [-0.1, -0.05) is 12.1 Å². The first-order chi connectivity index (χ1) is 12.9. The van der Waals surface area contributed by atoms with Crippen molar-refractivity contribution in [1.82, 2.24) is 15.6 Å². The summed E-state index contributed by atoms with van der Waals surface area (Å²) in [6, 6.07) is 8.48. The third-order valence-corrected chi connectivity index (χ3v) is 3.64. The summed E-state index contributed by atoms with van der Waals surface area (Å²) in [5.74, 6) is 0.713. The first-order valence-corrected chi connectivity index (χ1v) is 8.34. The van der Waals surface area contributed by atoms with Gasteiger partial charge in [-0.2, -0.15) is 13.2 Å². The van der Waals surface area contributed by atoms with Crippen molar-refractivity contribution in [2.75, 3.05) is 25.5 Å². The van der Waals surface area contributed by atoms with Crippen molar-refractivity contribution in [3.63, 3.8) is 0 Å². The van der Waals surface area contributed by atoms with Crippen molar-refractivity contribution < 1.29 is 17.6 Å². The molecule has 0 radical (unpaired) electrons. The molecule has 27 heavy (non-hydrogen) atoms. The molecule has 1 aromatic carbocycles. The van der Waals surface area contributed by atoms with Gasteiger partial charge < -0.3 is 16.0 Å². The van der Waals surface area contributed by atoms with Crippen molar-refractivity contribution in [2.24, 2.45) is 4.99 Å². The zero-order valence-electron chi connectivity index (χ0n) is 14.8. The van der Waals surface area contributed by atoms with Gasteiger partial charge in [-0.3, -0.25) is 4.99 Å². The lowest BCUT2D eigenvalue weighted by molar-refractivity contribution is -0.137. The number of alkyl halides is 3. The van der Waals surface area contributed by atoms with Crippen LogP contribution in [0.5, 0.6) is 0 Å². The van der Waals surface area contributed by atoms with Crippen LogP contribution < -0.4 is 16.0 Å². The van der Waals surface area contributed by atoms with Gasteiger partial charge in [-0.05, 0) is 36.2 Å². The number of pyridine rings is 1. The summed E-state index contributed by atoms with van der Waals surface area (Å²) >= 11 is 0. The first kappa shape index (κ1) is 20.5. The Bertz CT molecular complexity index is 727. The van der Waals surface area contributed by atoms with Crippen molar-refractivity contribution >= 4 is 11.8 Å². The molecule has 0 aliphatic carbocycles. The second-order valence-electron chi connectivity index (χ2n) is 5.69. The zero-order valence-corrected chi connectivity index (χ0v) is 14.8. The quantitative estimate of drug-likeness (QED) is 0.297. The molecule has 0 bridgehead atoms. The van der Waals surface area contributed by atoms with Gasteiger partial charge in [0.25, 0.3) is 0 Å². The molecule has 1 aromatic heterocycles. The van der Waals surface area contributed by atoms with Crippen LogP contribution in [0.4, 0.5) is 23.4 Å². The van der Waals surface area contributed by atoms with E-state index in [1.54, 1.807) is 19.2 Å². The molecule has 2 rings (SSSR count). The number of hydrogen-bond donors (Lipinski definition) is 3. The number of aliphatic imine (C=N–C) groups is 1. The Hall–Kier alpha value is -2.84. The summed E-state index contributed by atoms with van der Waals surface area (Å²) in [5, 5.41) is 9.20. The normalized spacial score (nSPS) is 12.0. The van der Waals surface area contributed by atoms with Crippen LogP contribution in [-0.2, 0) is 12.7 Å². The summed E-state index contributed by atoms with van der Waals surface area (Å²) in [5.41, 5.74) is 0.153. The minimum Gasteiger partial charge on any atom is -0.370 e. The van der Waals surface area contributed by atoms with Gasteiger partial charge in [0.1, 0.15) is 11.6 Å². The molecule has 2 aromatic rings. The van der Waals surface area contributed by atoms with Crippen LogP contribution in [0.25, 0.3) is 0 Å². The number of benzene rings is 1. The number of aromatic nitrogens is 1. The van der Waals surface area contributed by atoms with Crippen molar-refractivity contribution in [2.45, 2.75) is 19.1 Å². The number of nitrogens with zero attached hydrogens (tertiary/aromatic N) is 2. The fraction of sp³-hybridized carbons (Fsp3) is 0.333. The number of rotatable bonds is 7. The van der Waals surface area contributed by atoms with E-state index in [1.807, 2.05) is 0 Å². The van der Waals surface area contributed by atoms with E-state index in [2.05, 4.69) is 25.9 Å². The summed E-state index contributed by atoms with van der Waals surface area (Å²) in [7, 11) is 1.64. The van der Waals surface area contributed by atoms with Crippen molar-refractivity contribution in [3.8, 4) is 0 Å². The second-order valence-corrected chi connectivity index (χ2v) is 5.69. The third-order valence-electron chi connectivity index (χ3n) is 3.64. The Morgan fingerprint density at radius 2 is 1.78 bits per heavy atom. The highest BCUT2D eigenvalue weighted by molar-refractivity contribution is 5.79. The fourth-order valence-electron chi connectivity index (χ4n) is 2.19. The van der Waals surface area contributed by atoms with E-state index in [1.165, 1.54) is 18.2 Å². The van der Waals surface area contributed by atoms with Crippen LogP contribution in [0.2, 0.25) is 0 Å². The molecule has 0 unspecified atom stereocenters. The zero-order chi connectivity index (χ0) is 19.7. The molecule has 0 atom stereocenters. The largest absolute Gasteiger partial charge is 0.417 e. The summed E-state index contributed by atoms with van der Waals surface area (Å²) < 4.78 is 50.3. The van der Waals surface area contributed by atoms with Gasteiger partial charge in [0.15, 0.2) is 5.96 Å². The molecular formula is C18H21F4N5. The molecular weight excluding hydrogens is 362 g/mol. The molecule has 0 saturated heterocycles. The maximum atomic E-state index is 12.9. The molecule has 0 saturated carbocycles. The number of nitrogens with one attached hydrogen (secondary N) is 3. The predicted octanol–water partition coefficient (Wildman–Crippen LogP) is 3.41. The lowest BCUT2D eigenvalue weighted by atomic mass is 10.2. The van der Waals surface area contributed by atoms with E-state index in [-0.39, 0.29) is 5.82 Å². The monoisotopic (exact) mass is 383 g/mol. The van der Waals surface area contributed by atoms with E-state index in [0.29, 0.717) is 37.8 Å². The van der Waals surface area contributed by atoms with Crippen LogP contribution >= 0.6 is 0 Å². The molecule has 5 nitrogen and oxygen atoms in total. The van der Waals surface area contributed by atoms with Crippen LogP contribution in [0, 0.1) is 5.82 Å². The molecule has 0 aliphatic heterocycles. The molecule has 0 fully saturated rings. The number of halogens is 4. The SMILES string of the molecule is CN=C(NCCCNc1ccc(C(F)(F)F)cn1)NCc1ccc(F)cc1. The Morgan fingerprint density at radius 1 is 1.04 bits per heavy atom. The predicted molar refractivity (Wildman–Crippen MR) is 96.9 cm³/mol. The van der Waals surface area contributed by atoms with E-state index in [9.17, 15) is 17.6 Å². The highest BCUT2D eigenvalue weighted by Gasteiger charge is 2.30. The molecule has 0 spiro atoms. The van der Waals surface area contributed by atoms with Crippen LogP contribution in [0.1, 0.15) is 17.5 Å². The highest BCUT2D eigenvalue weighted by Crippen LogP contribution is 2.28. The van der Waals surface area contributed by atoms with Crippen LogP contribution in [0.15, 0.2) is 47.6 Å². The second kappa shape index (κ2) is 9.75. The molecule has 0 aliphatic rings. The van der Waals surface area contributed by atoms with Crippen molar-refractivity contribution in [3.05, 3.63) is 59.5 Å². The van der Waals surface area contributed by atoms with Crippen molar-refractivity contribution in [1.29, 1.82) is 0 Å². The lowest BCUT2D eigenvalue weighted by Crippen LogP contribution is -2.37. The highest BCUT2D eigenvalue weighted by atomic mass is 19.4. The summed E-state index contributed by atoms with van der Waals surface area (Å²) in [6.07, 6.45) is -2.87. The van der Waals surface area contributed by atoms with Crippen LogP contribution in [-0.4, -0.2) is 31.1 Å². The molecule has 0 amide bonds. The average Bonchev–Trinajstić information content (AvgIpc) is 2.65. The minimum absolute atomic E-state index is 0.281. The van der Waals surface area contributed by atoms with Gasteiger partial charge >= 0.3 is 6.18 Å². The standard InChI is InChI=1S/C18H21F4N5/c1-23-17(27-11-13-3-6-15(19)7-4-13)25-10-2-9-24-16-8-5-14(12-26-16)18(20,21)22/h3-8,12H,2,9-11H2,1H3,(H,24,26)(H2,23,25,27). The maximum absolute atomic E-state index is 12.9. The smallest absolute Gasteiger partial charge is 0.370 e. The summed E-state index contributed by atoms with van der Waals surface area (Å²) in [6.45, 7) is 1.66. The topological polar surface area (TPSA) is 61.3 Å². The van der Waals surface area contributed by atoms with Crippen LogP contribution in [0.3, 0.4) is 0 Å². The Morgan fingerprint density at radius 3 is 2.37 bits per heavy atom. The molecule has 9 heteroatoms. The van der Waals surface area contributed by atoms with E-state index >= 15 is 0 Å². The first-order valence-electron chi connectivity index (χ1n) is 8.34. The molecule has 1 heterocycles. The van der Waals surface area contributed by atoms with Gasteiger partial charge in [0.2, 0.25) is 0 Å². The third kappa shape index (κ3) is 7.12. The van der Waals surface area contributed by atoms with Gasteiger partial charge in [-0.15, -0.1) is 0 Å². The molecule has 146 valence electrons. The van der Waals surface area contributed by atoms with E-state index in [4.69, 9.17) is 0 Å². The van der Waals surface area contributed by atoms with Gasteiger partial charge in [0.05, 0.1) is 5.56 Å². The van der Waals surface area contributed by atoms with Gasteiger partial charge in [0, 0.05) is 32.9 Å². The Kier molecular flexibility index (Phi) is 7.39. The van der Waals surface area contributed by atoms with Gasteiger partial charge in [-0.25, -0.2) is 9.37 Å². The molecule has 3 N–H and O–H groups in total. The fourth-order valence-corrected chi connectivity index (χ4v) is 2.19. The number of anilines is 1. The number of hydrogen-bond acceptors (Lipinski definition) is 3. The average molecular weight is 383 g/mol. The Labute approximate surface area is 154 Å². The summed E-state index contributed by atoms with van der Waals surface area (Å²) in [4.78, 5) is 7.84. The number of guanidine groups is 1. The van der Waals surface area contributed by atoms with E-state index in [0.717, 1.165) is 17.8 Å².